The summed E-state index contributed by atoms with van der Waals surface area (Å²) in [4.78, 5) is 28.7. The fraction of sp³-hybridized carbons (Fsp3) is 0.625. The molecule has 0 amide bonds. The molecule has 0 heterocycles. The van der Waals surface area contributed by atoms with E-state index in [1.807, 2.05) is 0 Å². The van der Waals surface area contributed by atoms with E-state index in [0.29, 0.717) is 19.3 Å². The first-order valence-electron chi connectivity index (χ1n) is 3.91. The monoisotopic (exact) mass is 189 g/mol. The lowest BCUT2D eigenvalue weighted by atomic mass is 10.3. The van der Waals surface area contributed by atoms with Gasteiger partial charge in [-0.1, -0.05) is 0 Å². The molecule has 0 saturated carbocycles. The van der Waals surface area contributed by atoms with Crippen LogP contribution in [0.1, 0.15) is 26.2 Å². The zero-order chi connectivity index (χ0) is 10.7. The van der Waals surface area contributed by atoms with Crippen LogP contribution >= 0.6 is 0 Å². The van der Waals surface area contributed by atoms with Gasteiger partial charge in [-0.2, -0.15) is 0 Å². The third kappa shape index (κ3) is 18.1. The predicted molar refractivity (Wildman–Crippen MR) is 47.3 cm³/mol. The number of aldehydes is 2. The standard InChI is InChI=1S/C5H8O2.C3H7NO2/c6-4-2-1-3-5-7;1-2(4)3(5)6/h4-5H,1-3H2;2H,4H2,1H3,(H,5,6)/t;2-/m.0/s1. The van der Waals surface area contributed by atoms with E-state index in [0.717, 1.165) is 12.6 Å². The van der Waals surface area contributed by atoms with Gasteiger partial charge >= 0.3 is 5.97 Å². The number of carbonyl (C=O) groups is 3. The first-order valence-corrected chi connectivity index (χ1v) is 3.91. The molecule has 5 nitrogen and oxygen atoms in total. The Morgan fingerprint density at radius 2 is 1.69 bits per heavy atom. The van der Waals surface area contributed by atoms with Crippen molar-refractivity contribution in [2.24, 2.45) is 5.73 Å². The quantitative estimate of drug-likeness (QED) is 0.467. The summed E-state index contributed by atoms with van der Waals surface area (Å²) in [5.74, 6) is -0.963. The van der Waals surface area contributed by atoms with Crippen molar-refractivity contribution in [2.75, 3.05) is 0 Å². The van der Waals surface area contributed by atoms with Crippen LogP contribution < -0.4 is 5.73 Å². The molecule has 0 aromatic heterocycles. The number of nitrogens with two attached hydrogens (primary N) is 1. The van der Waals surface area contributed by atoms with Crippen molar-refractivity contribution in [3.8, 4) is 0 Å². The van der Waals surface area contributed by atoms with Crippen molar-refractivity contribution >= 4 is 18.5 Å². The second-order valence-corrected chi connectivity index (χ2v) is 2.39. The Morgan fingerprint density at radius 3 is 1.85 bits per heavy atom. The van der Waals surface area contributed by atoms with Gasteiger partial charge in [-0.3, -0.25) is 4.79 Å². The van der Waals surface area contributed by atoms with Crippen molar-refractivity contribution in [3.05, 3.63) is 0 Å². The van der Waals surface area contributed by atoms with Gasteiger partial charge < -0.3 is 20.4 Å². The van der Waals surface area contributed by atoms with Crippen LogP contribution in [0.4, 0.5) is 0 Å². The highest BCUT2D eigenvalue weighted by atomic mass is 16.4. The second-order valence-electron chi connectivity index (χ2n) is 2.39. The number of carboxylic acid groups (broad SMARTS) is 1. The topological polar surface area (TPSA) is 97.5 Å². The molecule has 1 atom stereocenters. The van der Waals surface area contributed by atoms with Crippen molar-refractivity contribution in [1.82, 2.24) is 0 Å². The number of unbranched alkanes of at least 4 members (excludes halogenated alkanes) is 2. The number of rotatable bonds is 5. The van der Waals surface area contributed by atoms with Gasteiger partial charge in [0.1, 0.15) is 18.6 Å². The largest absolute Gasteiger partial charge is 0.480 e. The van der Waals surface area contributed by atoms with Gasteiger partial charge in [-0.05, 0) is 13.3 Å². The van der Waals surface area contributed by atoms with Crippen LogP contribution in [0.15, 0.2) is 0 Å². The molecule has 0 saturated heterocycles. The van der Waals surface area contributed by atoms with Gasteiger partial charge in [-0.25, -0.2) is 0 Å². The van der Waals surface area contributed by atoms with E-state index < -0.39 is 12.0 Å². The minimum absolute atomic E-state index is 0.513. The first kappa shape index (κ1) is 14.3. The smallest absolute Gasteiger partial charge is 0.320 e. The van der Waals surface area contributed by atoms with E-state index in [9.17, 15) is 14.4 Å². The highest BCUT2D eigenvalue weighted by molar-refractivity contribution is 5.72. The number of aliphatic carboxylic acids is 1. The Balaban J connectivity index is 0. The fourth-order valence-electron chi connectivity index (χ4n) is 0.285. The molecule has 0 fully saturated rings. The van der Waals surface area contributed by atoms with E-state index in [1.165, 1.54) is 6.92 Å². The lowest BCUT2D eigenvalue weighted by Crippen LogP contribution is -2.25. The molecular formula is C8H15NO4. The Kier molecular flexibility index (Phi) is 11.8. The molecule has 0 aromatic rings. The third-order valence-electron chi connectivity index (χ3n) is 1.03. The SMILES string of the molecule is C[C@H](N)C(=O)O.O=CCCCC=O. The number of carboxylic acids is 1. The predicted octanol–water partition coefficient (Wildman–Crippen LogP) is -0.0273. The number of hydrogen-bond acceptors (Lipinski definition) is 4. The van der Waals surface area contributed by atoms with Crippen molar-refractivity contribution < 1.29 is 19.5 Å². The molecule has 0 aromatic carbocycles. The zero-order valence-corrected chi connectivity index (χ0v) is 7.60. The molecule has 5 heteroatoms. The first-order chi connectivity index (χ1) is 6.06. The van der Waals surface area contributed by atoms with Crippen LogP contribution in [0.3, 0.4) is 0 Å². The molecule has 0 aliphatic heterocycles. The molecule has 3 N–H and O–H groups in total. The Bertz CT molecular complexity index is 148. The molecule has 0 aliphatic rings. The molecule has 0 spiro atoms. The maximum atomic E-state index is 9.57. The molecule has 0 unspecified atom stereocenters. The summed E-state index contributed by atoms with van der Waals surface area (Å²) in [6.07, 6.45) is 3.37. The fourth-order valence-corrected chi connectivity index (χ4v) is 0.285. The van der Waals surface area contributed by atoms with Gasteiger partial charge in [-0.15, -0.1) is 0 Å². The normalized spacial score (nSPS) is 10.6. The molecule has 0 bridgehead atoms. The van der Waals surface area contributed by atoms with E-state index >= 15 is 0 Å². The van der Waals surface area contributed by atoms with Gasteiger partial charge in [0.15, 0.2) is 0 Å². The Morgan fingerprint density at radius 1 is 1.38 bits per heavy atom. The Hall–Kier alpha value is -1.23. The lowest BCUT2D eigenvalue weighted by Gasteiger charge is -1.90. The summed E-state index contributed by atoms with van der Waals surface area (Å²) in [6, 6.07) is -0.731. The summed E-state index contributed by atoms with van der Waals surface area (Å²) in [6.45, 7) is 1.42. The second kappa shape index (κ2) is 10.8. The minimum Gasteiger partial charge on any atom is -0.480 e. The van der Waals surface area contributed by atoms with Crippen molar-refractivity contribution in [1.29, 1.82) is 0 Å². The van der Waals surface area contributed by atoms with E-state index in [-0.39, 0.29) is 0 Å². The van der Waals surface area contributed by atoms with Crippen molar-refractivity contribution in [3.63, 3.8) is 0 Å². The molecule has 0 aliphatic carbocycles. The summed E-state index contributed by atoms with van der Waals surface area (Å²) in [5, 5.41) is 7.87. The highest BCUT2D eigenvalue weighted by Crippen LogP contribution is 1.85. The summed E-state index contributed by atoms with van der Waals surface area (Å²) in [7, 11) is 0. The van der Waals surface area contributed by atoms with Crippen LogP contribution in [-0.2, 0) is 14.4 Å². The van der Waals surface area contributed by atoms with Crippen LogP contribution in [0.5, 0.6) is 0 Å². The molecule has 0 rings (SSSR count). The van der Waals surface area contributed by atoms with Gasteiger partial charge in [0, 0.05) is 12.8 Å². The van der Waals surface area contributed by atoms with Crippen LogP contribution in [0, 0.1) is 0 Å². The summed E-state index contributed by atoms with van der Waals surface area (Å²) >= 11 is 0. The maximum Gasteiger partial charge on any atom is 0.320 e. The van der Waals surface area contributed by atoms with E-state index in [1.54, 1.807) is 0 Å². The lowest BCUT2D eigenvalue weighted by molar-refractivity contribution is -0.138. The average molecular weight is 189 g/mol. The van der Waals surface area contributed by atoms with E-state index in [4.69, 9.17) is 10.8 Å². The zero-order valence-electron chi connectivity index (χ0n) is 7.60. The van der Waals surface area contributed by atoms with Gasteiger partial charge in [0.05, 0.1) is 0 Å². The van der Waals surface area contributed by atoms with E-state index in [2.05, 4.69) is 0 Å². The molecule has 76 valence electrons. The number of carbonyl (C=O) groups excluding carboxylic acids is 2. The molecule has 13 heavy (non-hydrogen) atoms. The molecular weight excluding hydrogens is 174 g/mol. The summed E-state index contributed by atoms with van der Waals surface area (Å²) in [5.41, 5.74) is 4.84. The molecule has 0 radical (unpaired) electrons. The van der Waals surface area contributed by atoms with Crippen LogP contribution in [0.25, 0.3) is 0 Å². The average Bonchev–Trinajstić information content (AvgIpc) is 2.06. The third-order valence-corrected chi connectivity index (χ3v) is 1.03. The Labute approximate surface area is 76.9 Å². The van der Waals surface area contributed by atoms with Crippen molar-refractivity contribution in [2.45, 2.75) is 32.2 Å². The summed E-state index contributed by atoms with van der Waals surface area (Å²) < 4.78 is 0. The highest BCUT2D eigenvalue weighted by Gasteiger charge is 1.99. The van der Waals surface area contributed by atoms with Gasteiger partial charge in [0.25, 0.3) is 0 Å². The van der Waals surface area contributed by atoms with Gasteiger partial charge in [0.2, 0.25) is 0 Å². The number of hydrogen-bond donors (Lipinski definition) is 2. The van der Waals surface area contributed by atoms with Crippen LogP contribution in [0.2, 0.25) is 0 Å². The minimum atomic E-state index is -0.963. The van der Waals surface area contributed by atoms with Crippen LogP contribution in [-0.4, -0.2) is 29.7 Å². The maximum absolute atomic E-state index is 9.57.